The highest BCUT2D eigenvalue weighted by molar-refractivity contribution is 6.30. The van der Waals surface area contributed by atoms with Gasteiger partial charge in [-0.3, -0.25) is 0 Å². The normalized spacial score (nSPS) is 21.3. The zero-order valence-electron chi connectivity index (χ0n) is 15.9. The molecule has 1 aliphatic rings. The molecule has 3 heteroatoms. The Balaban J connectivity index is 1.46. The molecule has 2 aromatic rings. The number of hydrogen-bond acceptors (Lipinski definition) is 2. The van der Waals surface area contributed by atoms with Crippen molar-refractivity contribution in [1.82, 2.24) is 5.32 Å². The smallest absolute Gasteiger partial charge is 0.119 e. The van der Waals surface area contributed by atoms with Gasteiger partial charge in [-0.2, -0.15) is 0 Å². The summed E-state index contributed by atoms with van der Waals surface area (Å²) in [5.74, 6) is 2.39. The van der Waals surface area contributed by atoms with Crippen LogP contribution in [0.15, 0.2) is 48.5 Å². The topological polar surface area (TPSA) is 21.3 Å². The van der Waals surface area contributed by atoms with Crippen LogP contribution in [-0.4, -0.2) is 12.6 Å². The molecular formula is C23H30ClNO. The molecule has 0 radical (unpaired) electrons. The van der Waals surface area contributed by atoms with E-state index in [1.807, 2.05) is 18.2 Å². The summed E-state index contributed by atoms with van der Waals surface area (Å²) in [4.78, 5) is 0. The van der Waals surface area contributed by atoms with E-state index in [4.69, 9.17) is 16.3 Å². The molecule has 0 spiro atoms. The second-order valence-corrected chi connectivity index (χ2v) is 8.16. The zero-order valence-corrected chi connectivity index (χ0v) is 16.6. The minimum absolute atomic E-state index is 0.353. The SMILES string of the molecule is Cc1cccc(O[C@@H]2CCCC(C(C)CNCc3cccc(Cl)c3)C2)c1. The lowest BCUT2D eigenvalue weighted by atomic mass is 9.79. The van der Waals surface area contributed by atoms with E-state index in [0.29, 0.717) is 12.0 Å². The summed E-state index contributed by atoms with van der Waals surface area (Å²) in [5.41, 5.74) is 2.50. The zero-order chi connectivity index (χ0) is 18.4. The molecule has 140 valence electrons. The highest BCUT2D eigenvalue weighted by Crippen LogP contribution is 2.32. The molecule has 3 atom stereocenters. The molecule has 0 aromatic heterocycles. The number of rotatable bonds is 7. The lowest BCUT2D eigenvalue weighted by Crippen LogP contribution is -2.33. The molecule has 1 saturated carbocycles. The fourth-order valence-corrected chi connectivity index (χ4v) is 4.16. The van der Waals surface area contributed by atoms with Gasteiger partial charge in [-0.05, 0) is 86.4 Å². The van der Waals surface area contributed by atoms with E-state index in [0.717, 1.165) is 36.2 Å². The van der Waals surface area contributed by atoms with Gasteiger partial charge < -0.3 is 10.1 Å². The van der Waals surface area contributed by atoms with Crippen molar-refractivity contribution < 1.29 is 4.74 Å². The first-order chi connectivity index (χ1) is 12.6. The van der Waals surface area contributed by atoms with Gasteiger partial charge in [-0.25, -0.2) is 0 Å². The van der Waals surface area contributed by atoms with Gasteiger partial charge in [0.15, 0.2) is 0 Å². The maximum Gasteiger partial charge on any atom is 0.119 e. The summed E-state index contributed by atoms with van der Waals surface area (Å²) in [5, 5.41) is 4.40. The standard InChI is InChI=1S/C23H30ClNO/c1-17-6-3-10-22(12-17)26-23-11-5-8-20(14-23)18(2)15-25-16-19-7-4-9-21(24)13-19/h3-4,6-7,9-10,12-13,18,20,23,25H,5,8,11,14-16H2,1-2H3/t18?,20?,23-/m1/s1. The third-order valence-electron chi connectivity index (χ3n) is 5.45. The van der Waals surface area contributed by atoms with Crippen molar-refractivity contribution in [2.45, 2.75) is 52.2 Å². The molecule has 26 heavy (non-hydrogen) atoms. The summed E-state index contributed by atoms with van der Waals surface area (Å²) >= 11 is 6.06. The summed E-state index contributed by atoms with van der Waals surface area (Å²) < 4.78 is 6.27. The molecule has 0 bridgehead atoms. The summed E-state index contributed by atoms with van der Waals surface area (Å²) in [6.45, 7) is 6.39. The van der Waals surface area contributed by atoms with E-state index in [1.54, 1.807) is 0 Å². The summed E-state index contributed by atoms with van der Waals surface area (Å²) in [6.07, 6.45) is 5.26. The fourth-order valence-electron chi connectivity index (χ4n) is 3.94. The van der Waals surface area contributed by atoms with Crippen LogP contribution in [-0.2, 0) is 6.54 Å². The van der Waals surface area contributed by atoms with Crippen molar-refractivity contribution >= 4 is 11.6 Å². The highest BCUT2D eigenvalue weighted by Gasteiger charge is 2.27. The van der Waals surface area contributed by atoms with Crippen molar-refractivity contribution in [2.24, 2.45) is 11.8 Å². The average Bonchev–Trinajstić information content (AvgIpc) is 2.62. The lowest BCUT2D eigenvalue weighted by molar-refractivity contribution is 0.102. The van der Waals surface area contributed by atoms with Crippen molar-refractivity contribution in [3.05, 3.63) is 64.7 Å². The van der Waals surface area contributed by atoms with Gasteiger partial charge in [0.25, 0.3) is 0 Å². The van der Waals surface area contributed by atoms with Crippen molar-refractivity contribution in [3.63, 3.8) is 0 Å². The van der Waals surface area contributed by atoms with E-state index in [1.165, 1.54) is 30.4 Å². The first-order valence-electron chi connectivity index (χ1n) is 9.78. The first kappa shape index (κ1) is 19.3. The second-order valence-electron chi connectivity index (χ2n) is 7.72. The van der Waals surface area contributed by atoms with Gasteiger partial charge in [0.1, 0.15) is 5.75 Å². The van der Waals surface area contributed by atoms with Gasteiger partial charge in [0, 0.05) is 11.6 Å². The Bertz CT molecular complexity index is 702. The predicted molar refractivity (Wildman–Crippen MR) is 110 cm³/mol. The summed E-state index contributed by atoms with van der Waals surface area (Å²) in [6, 6.07) is 16.5. The van der Waals surface area contributed by atoms with Crippen LogP contribution in [0.2, 0.25) is 5.02 Å². The van der Waals surface area contributed by atoms with Crippen LogP contribution in [0, 0.1) is 18.8 Å². The van der Waals surface area contributed by atoms with E-state index >= 15 is 0 Å². The van der Waals surface area contributed by atoms with E-state index < -0.39 is 0 Å². The Hall–Kier alpha value is -1.51. The van der Waals surface area contributed by atoms with Gasteiger partial charge in [0.2, 0.25) is 0 Å². The Labute approximate surface area is 162 Å². The molecular weight excluding hydrogens is 342 g/mol. The van der Waals surface area contributed by atoms with Crippen LogP contribution in [0.25, 0.3) is 0 Å². The predicted octanol–water partition coefficient (Wildman–Crippen LogP) is 6.01. The molecule has 0 amide bonds. The molecule has 2 nitrogen and oxygen atoms in total. The van der Waals surface area contributed by atoms with Crippen molar-refractivity contribution in [3.8, 4) is 5.75 Å². The van der Waals surface area contributed by atoms with Crippen LogP contribution in [0.1, 0.15) is 43.7 Å². The maximum atomic E-state index is 6.27. The summed E-state index contributed by atoms with van der Waals surface area (Å²) in [7, 11) is 0. The van der Waals surface area contributed by atoms with E-state index in [2.05, 4.69) is 49.5 Å². The van der Waals surface area contributed by atoms with Crippen LogP contribution >= 0.6 is 11.6 Å². The van der Waals surface area contributed by atoms with E-state index in [9.17, 15) is 0 Å². The molecule has 3 rings (SSSR count). The quantitative estimate of drug-likeness (QED) is 0.643. The second kappa shape index (κ2) is 9.43. The Morgan fingerprint density at radius 1 is 1.15 bits per heavy atom. The van der Waals surface area contributed by atoms with Gasteiger partial charge in [-0.1, -0.05) is 42.8 Å². The van der Waals surface area contributed by atoms with E-state index in [-0.39, 0.29) is 0 Å². The Morgan fingerprint density at radius 2 is 2.00 bits per heavy atom. The van der Waals surface area contributed by atoms with Crippen LogP contribution < -0.4 is 10.1 Å². The van der Waals surface area contributed by atoms with Crippen LogP contribution in [0.4, 0.5) is 0 Å². The molecule has 1 aliphatic carbocycles. The Morgan fingerprint density at radius 3 is 2.81 bits per heavy atom. The highest BCUT2D eigenvalue weighted by atomic mass is 35.5. The number of ether oxygens (including phenoxy) is 1. The van der Waals surface area contributed by atoms with Crippen molar-refractivity contribution in [1.29, 1.82) is 0 Å². The minimum atomic E-state index is 0.353. The molecule has 1 N–H and O–H groups in total. The van der Waals surface area contributed by atoms with Crippen molar-refractivity contribution in [2.75, 3.05) is 6.54 Å². The number of nitrogens with one attached hydrogen (secondary N) is 1. The molecule has 2 unspecified atom stereocenters. The lowest BCUT2D eigenvalue weighted by Gasteiger charge is -2.33. The number of aryl methyl sites for hydroxylation is 1. The molecule has 0 saturated heterocycles. The monoisotopic (exact) mass is 371 g/mol. The average molecular weight is 372 g/mol. The third kappa shape index (κ3) is 5.75. The van der Waals surface area contributed by atoms with Gasteiger partial charge in [0.05, 0.1) is 6.10 Å². The largest absolute Gasteiger partial charge is 0.490 e. The van der Waals surface area contributed by atoms with Gasteiger partial charge in [-0.15, -0.1) is 0 Å². The minimum Gasteiger partial charge on any atom is -0.490 e. The van der Waals surface area contributed by atoms with Crippen LogP contribution in [0.5, 0.6) is 5.75 Å². The van der Waals surface area contributed by atoms with Gasteiger partial charge >= 0.3 is 0 Å². The molecule has 0 aliphatic heterocycles. The molecule has 1 fully saturated rings. The molecule has 2 aromatic carbocycles. The first-order valence-corrected chi connectivity index (χ1v) is 10.2. The maximum absolute atomic E-state index is 6.27. The number of benzene rings is 2. The fraction of sp³-hybridized carbons (Fsp3) is 0.478. The molecule has 0 heterocycles. The number of hydrogen-bond donors (Lipinski definition) is 1. The Kier molecular flexibility index (Phi) is 6.99. The number of halogens is 1. The third-order valence-corrected chi connectivity index (χ3v) is 5.68. The van der Waals surface area contributed by atoms with Crippen LogP contribution in [0.3, 0.4) is 0 Å².